The molecule has 5 nitrogen and oxygen atoms in total. The highest BCUT2D eigenvalue weighted by molar-refractivity contribution is 6.08. The monoisotopic (exact) mass is 241 g/mol. The molecular weight excluding hydrogens is 230 g/mol. The molecule has 0 unspecified atom stereocenters. The highest BCUT2D eigenvalue weighted by Gasteiger charge is 2.17. The van der Waals surface area contributed by atoms with Crippen molar-refractivity contribution in [2.45, 2.75) is 0 Å². The van der Waals surface area contributed by atoms with Crippen molar-refractivity contribution in [3.63, 3.8) is 0 Å². The third kappa shape index (κ3) is 2.06. The standard InChI is InChI=1S/C13H11N3O2/c14-12(17)9-2-1-3-10(13(15)18)11(9)8-4-6-16-7-5-8/h1-7H,(H2,14,17)(H2,15,18). The van der Waals surface area contributed by atoms with Crippen LogP contribution in [0.4, 0.5) is 0 Å². The summed E-state index contributed by atoms with van der Waals surface area (Å²) >= 11 is 0. The van der Waals surface area contributed by atoms with Crippen LogP contribution >= 0.6 is 0 Å². The Morgan fingerprint density at radius 1 is 0.889 bits per heavy atom. The Kier molecular flexibility index (Phi) is 3.05. The molecule has 4 N–H and O–H groups in total. The number of nitrogens with two attached hydrogens (primary N) is 2. The topological polar surface area (TPSA) is 99.1 Å². The zero-order chi connectivity index (χ0) is 13.1. The van der Waals surface area contributed by atoms with E-state index in [0.29, 0.717) is 11.1 Å². The molecule has 0 aliphatic heterocycles. The fourth-order valence-electron chi connectivity index (χ4n) is 1.79. The molecule has 0 fully saturated rings. The van der Waals surface area contributed by atoms with Gasteiger partial charge in [-0.1, -0.05) is 6.07 Å². The van der Waals surface area contributed by atoms with Crippen molar-refractivity contribution in [2.75, 3.05) is 0 Å². The molecule has 2 amide bonds. The van der Waals surface area contributed by atoms with E-state index >= 15 is 0 Å². The third-order valence-electron chi connectivity index (χ3n) is 2.56. The molecular formula is C13H11N3O2. The van der Waals surface area contributed by atoms with Gasteiger partial charge in [-0.05, 0) is 29.8 Å². The van der Waals surface area contributed by atoms with Crippen LogP contribution in [0.2, 0.25) is 0 Å². The molecule has 0 spiro atoms. The first-order valence-electron chi connectivity index (χ1n) is 5.24. The number of rotatable bonds is 3. The van der Waals surface area contributed by atoms with Crippen molar-refractivity contribution in [2.24, 2.45) is 11.5 Å². The minimum atomic E-state index is -0.607. The molecule has 1 aromatic carbocycles. The molecule has 2 aromatic rings. The molecule has 0 radical (unpaired) electrons. The molecule has 0 aliphatic rings. The van der Waals surface area contributed by atoms with E-state index in [-0.39, 0.29) is 11.1 Å². The van der Waals surface area contributed by atoms with Crippen molar-refractivity contribution in [1.82, 2.24) is 4.98 Å². The summed E-state index contributed by atoms with van der Waals surface area (Å²) in [6.07, 6.45) is 3.13. The number of pyridine rings is 1. The Morgan fingerprint density at radius 2 is 1.39 bits per heavy atom. The predicted octanol–water partition coefficient (Wildman–Crippen LogP) is 0.946. The number of nitrogens with zero attached hydrogens (tertiary/aromatic N) is 1. The van der Waals surface area contributed by atoms with Gasteiger partial charge in [0.05, 0.1) is 0 Å². The summed E-state index contributed by atoms with van der Waals surface area (Å²) in [6.45, 7) is 0. The van der Waals surface area contributed by atoms with E-state index in [9.17, 15) is 9.59 Å². The van der Waals surface area contributed by atoms with E-state index in [1.165, 1.54) is 0 Å². The number of benzene rings is 1. The maximum absolute atomic E-state index is 11.4. The molecule has 0 saturated carbocycles. The SMILES string of the molecule is NC(=O)c1cccc(C(N)=O)c1-c1ccncc1. The van der Waals surface area contributed by atoms with Gasteiger partial charge in [-0.25, -0.2) is 0 Å². The quantitative estimate of drug-likeness (QED) is 0.836. The normalized spacial score (nSPS) is 10.0. The van der Waals surface area contributed by atoms with Crippen molar-refractivity contribution in [1.29, 1.82) is 0 Å². The average Bonchev–Trinajstić information content (AvgIpc) is 2.38. The summed E-state index contributed by atoms with van der Waals surface area (Å²) < 4.78 is 0. The number of hydrogen-bond donors (Lipinski definition) is 2. The van der Waals surface area contributed by atoms with E-state index in [2.05, 4.69) is 4.98 Å². The zero-order valence-electron chi connectivity index (χ0n) is 9.46. The molecule has 5 heteroatoms. The summed E-state index contributed by atoms with van der Waals surface area (Å²) in [6, 6.07) is 8.07. The molecule has 0 bridgehead atoms. The van der Waals surface area contributed by atoms with Gasteiger partial charge >= 0.3 is 0 Å². The Morgan fingerprint density at radius 3 is 1.83 bits per heavy atom. The van der Waals surface area contributed by atoms with Crippen molar-refractivity contribution < 1.29 is 9.59 Å². The summed E-state index contributed by atoms with van der Waals surface area (Å²) in [5.74, 6) is -1.21. The molecule has 18 heavy (non-hydrogen) atoms. The van der Waals surface area contributed by atoms with Crippen molar-refractivity contribution in [3.05, 3.63) is 53.9 Å². The maximum atomic E-state index is 11.4. The maximum Gasteiger partial charge on any atom is 0.249 e. The van der Waals surface area contributed by atoms with Gasteiger partial charge in [-0.3, -0.25) is 14.6 Å². The van der Waals surface area contributed by atoms with Crippen LogP contribution in [0.5, 0.6) is 0 Å². The molecule has 1 heterocycles. The smallest absolute Gasteiger partial charge is 0.249 e. The van der Waals surface area contributed by atoms with Gasteiger partial charge in [0.2, 0.25) is 11.8 Å². The van der Waals surface area contributed by atoms with Gasteiger partial charge in [-0.15, -0.1) is 0 Å². The van der Waals surface area contributed by atoms with E-state index in [1.54, 1.807) is 42.7 Å². The lowest BCUT2D eigenvalue weighted by molar-refractivity contribution is 0.0999. The van der Waals surface area contributed by atoms with Gasteiger partial charge in [-0.2, -0.15) is 0 Å². The average molecular weight is 241 g/mol. The number of hydrogen-bond acceptors (Lipinski definition) is 3. The van der Waals surface area contributed by atoms with Crippen LogP contribution in [0.15, 0.2) is 42.7 Å². The highest BCUT2D eigenvalue weighted by Crippen LogP contribution is 2.27. The highest BCUT2D eigenvalue weighted by atomic mass is 16.1. The van der Waals surface area contributed by atoms with Crippen LogP contribution < -0.4 is 11.5 Å². The Bertz CT molecular complexity index is 577. The van der Waals surface area contributed by atoms with Crippen LogP contribution in [-0.2, 0) is 0 Å². The minimum absolute atomic E-state index is 0.262. The van der Waals surface area contributed by atoms with Gasteiger partial charge in [0.15, 0.2) is 0 Å². The fraction of sp³-hybridized carbons (Fsp3) is 0. The first kappa shape index (κ1) is 11.8. The Labute approximate surface area is 103 Å². The van der Waals surface area contributed by atoms with Crippen LogP contribution in [0.1, 0.15) is 20.7 Å². The molecule has 90 valence electrons. The largest absolute Gasteiger partial charge is 0.366 e. The number of carbonyl (C=O) groups excluding carboxylic acids is 2. The third-order valence-corrected chi connectivity index (χ3v) is 2.56. The number of amides is 2. The van der Waals surface area contributed by atoms with Gasteiger partial charge in [0.1, 0.15) is 0 Å². The second-order valence-electron chi connectivity index (χ2n) is 3.69. The van der Waals surface area contributed by atoms with Crippen LogP contribution in [-0.4, -0.2) is 16.8 Å². The lowest BCUT2D eigenvalue weighted by atomic mass is 9.94. The van der Waals surface area contributed by atoms with E-state index in [1.807, 2.05) is 0 Å². The summed E-state index contributed by atoms with van der Waals surface area (Å²) in [5, 5.41) is 0. The van der Waals surface area contributed by atoms with Crippen LogP contribution in [0.3, 0.4) is 0 Å². The predicted molar refractivity (Wildman–Crippen MR) is 66.7 cm³/mol. The molecule has 1 aromatic heterocycles. The minimum Gasteiger partial charge on any atom is -0.366 e. The van der Waals surface area contributed by atoms with Gasteiger partial charge < -0.3 is 11.5 Å². The Balaban J connectivity index is 2.77. The van der Waals surface area contributed by atoms with E-state index in [4.69, 9.17) is 11.5 Å². The zero-order valence-corrected chi connectivity index (χ0v) is 9.46. The summed E-state index contributed by atoms with van der Waals surface area (Å²) in [5.41, 5.74) is 12.3. The number of carbonyl (C=O) groups is 2. The lowest BCUT2D eigenvalue weighted by Gasteiger charge is -2.10. The van der Waals surface area contributed by atoms with Crippen LogP contribution in [0.25, 0.3) is 11.1 Å². The number of aromatic nitrogens is 1. The van der Waals surface area contributed by atoms with Gasteiger partial charge in [0.25, 0.3) is 0 Å². The van der Waals surface area contributed by atoms with Crippen LogP contribution in [0, 0.1) is 0 Å². The second-order valence-corrected chi connectivity index (χ2v) is 3.69. The number of primary amides is 2. The first-order chi connectivity index (χ1) is 8.61. The first-order valence-corrected chi connectivity index (χ1v) is 5.24. The molecule has 0 saturated heterocycles. The van der Waals surface area contributed by atoms with E-state index in [0.717, 1.165) is 0 Å². The second kappa shape index (κ2) is 4.67. The molecule has 0 atom stereocenters. The Hall–Kier alpha value is -2.69. The van der Waals surface area contributed by atoms with Crippen molar-refractivity contribution in [3.8, 4) is 11.1 Å². The summed E-state index contributed by atoms with van der Waals surface area (Å²) in [4.78, 5) is 26.7. The van der Waals surface area contributed by atoms with Gasteiger partial charge in [0, 0.05) is 29.1 Å². The molecule has 0 aliphatic carbocycles. The lowest BCUT2D eigenvalue weighted by Crippen LogP contribution is -2.18. The fourth-order valence-corrected chi connectivity index (χ4v) is 1.79. The summed E-state index contributed by atoms with van der Waals surface area (Å²) in [7, 11) is 0. The van der Waals surface area contributed by atoms with Crippen molar-refractivity contribution >= 4 is 11.8 Å². The van der Waals surface area contributed by atoms with E-state index < -0.39 is 11.8 Å². The molecule has 2 rings (SSSR count).